The number of esters is 1. The molecule has 5 heteroatoms. The Bertz CT molecular complexity index is 352. The molecule has 0 saturated heterocycles. The standard InChI is InChI=1S/C13H22N2O3/c1-12(2,3)7-9-15-13(4,11(17)18-5)10(16)6-8-14/h15H,6-7,9H2,1-5H3. The monoisotopic (exact) mass is 254 g/mol. The van der Waals surface area contributed by atoms with Crippen molar-refractivity contribution in [3.05, 3.63) is 0 Å². The van der Waals surface area contributed by atoms with Crippen LogP contribution in [0, 0.1) is 16.7 Å². The van der Waals surface area contributed by atoms with Gasteiger partial charge < -0.3 is 4.74 Å². The molecule has 0 aliphatic carbocycles. The van der Waals surface area contributed by atoms with Crippen molar-refractivity contribution in [2.45, 2.75) is 46.1 Å². The van der Waals surface area contributed by atoms with Crippen molar-refractivity contribution in [3.8, 4) is 6.07 Å². The molecule has 0 heterocycles. The van der Waals surface area contributed by atoms with E-state index in [1.54, 1.807) is 6.07 Å². The highest BCUT2D eigenvalue weighted by molar-refractivity contribution is 6.08. The quantitative estimate of drug-likeness (QED) is 0.573. The highest BCUT2D eigenvalue weighted by Gasteiger charge is 2.41. The van der Waals surface area contributed by atoms with Gasteiger partial charge in [0.1, 0.15) is 0 Å². The molecule has 0 bridgehead atoms. The first-order chi connectivity index (χ1) is 8.17. The molecule has 0 spiro atoms. The van der Waals surface area contributed by atoms with Gasteiger partial charge >= 0.3 is 5.97 Å². The number of hydrogen-bond donors (Lipinski definition) is 1. The second-order valence-electron chi connectivity index (χ2n) is 5.61. The second-order valence-corrected chi connectivity index (χ2v) is 5.61. The summed E-state index contributed by atoms with van der Waals surface area (Å²) in [5.74, 6) is -1.12. The first-order valence-corrected chi connectivity index (χ1v) is 5.91. The van der Waals surface area contributed by atoms with Gasteiger partial charge in [-0.3, -0.25) is 10.1 Å². The van der Waals surface area contributed by atoms with Crippen molar-refractivity contribution in [2.75, 3.05) is 13.7 Å². The Morgan fingerprint density at radius 2 is 1.83 bits per heavy atom. The van der Waals surface area contributed by atoms with Gasteiger partial charge in [-0.05, 0) is 25.3 Å². The third-order valence-electron chi connectivity index (χ3n) is 2.74. The number of carbonyl (C=O) groups excluding carboxylic acids is 2. The zero-order valence-corrected chi connectivity index (χ0v) is 11.8. The van der Waals surface area contributed by atoms with Crippen molar-refractivity contribution >= 4 is 11.8 Å². The lowest BCUT2D eigenvalue weighted by atomic mass is 9.90. The topological polar surface area (TPSA) is 79.2 Å². The van der Waals surface area contributed by atoms with Gasteiger partial charge in [0.2, 0.25) is 0 Å². The second kappa shape index (κ2) is 6.50. The first kappa shape index (κ1) is 16.6. The average molecular weight is 254 g/mol. The minimum absolute atomic E-state index is 0.0995. The van der Waals surface area contributed by atoms with Crippen molar-refractivity contribution in [1.29, 1.82) is 5.26 Å². The summed E-state index contributed by atoms with van der Waals surface area (Å²) in [5, 5.41) is 11.5. The Morgan fingerprint density at radius 1 is 1.28 bits per heavy atom. The molecule has 5 nitrogen and oxygen atoms in total. The fraction of sp³-hybridized carbons (Fsp3) is 0.769. The van der Waals surface area contributed by atoms with E-state index in [9.17, 15) is 9.59 Å². The molecule has 0 amide bonds. The maximum atomic E-state index is 11.8. The van der Waals surface area contributed by atoms with Gasteiger partial charge in [0.05, 0.1) is 19.6 Å². The van der Waals surface area contributed by atoms with Crippen molar-refractivity contribution in [2.24, 2.45) is 5.41 Å². The lowest BCUT2D eigenvalue weighted by Crippen LogP contribution is -2.56. The molecule has 0 aromatic heterocycles. The van der Waals surface area contributed by atoms with Crippen LogP contribution < -0.4 is 5.32 Å². The number of hydrogen-bond acceptors (Lipinski definition) is 5. The number of carbonyl (C=O) groups is 2. The van der Waals surface area contributed by atoms with Gasteiger partial charge in [0.25, 0.3) is 0 Å². The van der Waals surface area contributed by atoms with Crippen LogP contribution in [0.1, 0.15) is 40.5 Å². The SMILES string of the molecule is COC(=O)C(C)(NCCC(C)(C)C)C(=O)CC#N. The number of nitrogens with one attached hydrogen (secondary N) is 1. The zero-order chi connectivity index (χ0) is 14.4. The summed E-state index contributed by atoms with van der Waals surface area (Å²) < 4.78 is 4.63. The molecule has 0 aliphatic rings. The smallest absolute Gasteiger partial charge is 0.333 e. The number of nitrogens with zero attached hydrogens (tertiary/aromatic N) is 1. The summed E-state index contributed by atoms with van der Waals surface area (Å²) in [6.45, 7) is 8.18. The third-order valence-corrected chi connectivity index (χ3v) is 2.74. The van der Waals surface area contributed by atoms with Crippen LogP contribution in [0.5, 0.6) is 0 Å². The number of ketones is 1. The number of nitriles is 1. The van der Waals surface area contributed by atoms with Gasteiger partial charge in [0, 0.05) is 0 Å². The zero-order valence-electron chi connectivity index (χ0n) is 11.8. The molecule has 1 N–H and O–H groups in total. The molecule has 18 heavy (non-hydrogen) atoms. The summed E-state index contributed by atoms with van der Waals surface area (Å²) in [4.78, 5) is 23.5. The number of methoxy groups -OCH3 is 1. The molecule has 102 valence electrons. The van der Waals surface area contributed by atoms with E-state index in [0.717, 1.165) is 6.42 Å². The molecular formula is C13H22N2O3. The van der Waals surface area contributed by atoms with E-state index >= 15 is 0 Å². The number of Topliss-reactive ketones (excluding diaryl/α,β-unsaturated/α-hetero) is 1. The molecule has 0 fully saturated rings. The largest absolute Gasteiger partial charge is 0.467 e. The third kappa shape index (κ3) is 4.84. The number of rotatable bonds is 6. The Labute approximate surface area is 108 Å². The van der Waals surface area contributed by atoms with Gasteiger partial charge in [-0.25, -0.2) is 4.79 Å². The van der Waals surface area contributed by atoms with Crippen LogP contribution >= 0.6 is 0 Å². The van der Waals surface area contributed by atoms with E-state index in [1.165, 1.54) is 14.0 Å². The van der Waals surface area contributed by atoms with Gasteiger partial charge in [-0.1, -0.05) is 20.8 Å². The van der Waals surface area contributed by atoms with E-state index in [0.29, 0.717) is 6.54 Å². The lowest BCUT2D eigenvalue weighted by Gasteiger charge is -2.27. The van der Waals surface area contributed by atoms with E-state index < -0.39 is 17.3 Å². The molecule has 1 unspecified atom stereocenters. The highest BCUT2D eigenvalue weighted by Crippen LogP contribution is 2.18. The summed E-state index contributed by atoms with van der Waals surface area (Å²) >= 11 is 0. The Morgan fingerprint density at radius 3 is 2.22 bits per heavy atom. The Kier molecular flexibility index (Phi) is 5.99. The van der Waals surface area contributed by atoms with Crippen molar-refractivity contribution in [3.63, 3.8) is 0 Å². The summed E-state index contributed by atoms with van der Waals surface area (Å²) in [5.41, 5.74) is -1.34. The highest BCUT2D eigenvalue weighted by atomic mass is 16.5. The van der Waals surface area contributed by atoms with Crippen molar-refractivity contribution in [1.82, 2.24) is 5.32 Å². The Hall–Kier alpha value is -1.41. The van der Waals surface area contributed by atoms with Crippen LogP contribution in [0.2, 0.25) is 0 Å². The molecule has 1 atom stereocenters. The van der Waals surface area contributed by atoms with E-state index in [-0.39, 0.29) is 11.8 Å². The van der Waals surface area contributed by atoms with Crippen molar-refractivity contribution < 1.29 is 14.3 Å². The Balaban J connectivity index is 4.75. The van der Waals surface area contributed by atoms with Gasteiger partial charge in [-0.2, -0.15) is 5.26 Å². The predicted octanol–water partition coefficient (Wildman–Crippen LogP) is 1.43. The maximum Gasteiger partial charge on any atom is 0.333 e. The van der Waals surface area contributed by atoms with E-state index in [2.05, 4.69) is 30.8 Å². The minimum Gasteiger partial charge on any atom is -0.467 e. The molecule has 0 aromatic rings. The first-order valence-electron chi connectivity index (χ1n) is 5.91. The van der Waals surface area contributed by atoms with Crippen LogP contribution in [0.15, 0.2) is 0 Å². The average Bonchev–Trinajstić information content (AvgIpc) is 2.26. The molecule has 0 saturated carbocycles. The van der Waals surface area contributed by atoms with Gasteiger partial charge in [-0.15, -0.1) is 0 Å². The molecule has 0 aromatic carbocycles. The fourth-order valence-corrected chi connectivity index (χ4v) is 1.42. The number of ether oxygens (including phenoxy) is 1. The molecule has 0 rings (SSSR count). The fourth-order valence-electron chi connectivity index (χ4n) is 1.42. The van der Waals surface area contributed by atoms with E-state index in [4.69, 9.17) is 5.26 Å². The van der Waals surface area contributed by atoms with Crippen LogP contribution in [0.4, 0.5) is 0 Å². The molecular weight excluding hydrogens is 232 g/mol. The van der Waals surface area contributed by atoms with Crippen LogP contribution in [0.25, 0.3) is 0 Å². The molecule has 0 radical (unpaired) electrons. The lowest BCUT2D eigenvalue weighted by molar-refractivity contribution is -0.152. The van der Waals surface area contributed by atoms with Crippen LogP contribution in [-0.2, 0) is 14.3 Å². The molecule has 0 aliphatic heterocycles. The normalized spacial score (nSPS) is 14.4. The van der Waals surface area contributed by atoms with Gasteiger partial charge in [0.15, 0.2) is 11.3 Å². The van der Waals surface area contributed by atoms with Crippen LogP contribution in [-0.4, -0.2) is 30.9 Å². The maximum absolute atomic E-state index is 11.8. The minimum atomic E-state index is -1.43. The summed E-state index contributed by atoms with van der Waals surface area (Å²) in [7, 11) is 1.23. The van der Waals surface area contributed by atoms with Crippen LogP contribution in [0.3, 0.4) is 0 Å². The summed E-state index contributed by atoms with van der Waals surface area (Å²) in [6, 6.07) is 1.76. The summed E-state index contributed by atoms with van der Waals surface area (Å²) in [6.07, 6.45) is 0.494. The predicted molar refractivity (Wildman–Crippen MR) is 67.7 cm³/mol. The van der Waals surface area contributed by atoms with E-state index in [1.807, 2.05) is 0 Å².